The summed E-state index contributed by atoms with van der Waals surface area (Å²) < 4.78 is 0. The minimum atomic E-state index is 0.525. The lowest BCUT2D eigenvalue weighted by Crippen LogP contribution is -2.42. The van der Waals surface area contributed by atoms with Crippen LogP contribution in [0.5, 0.6) is 0 Å². The maximum atomic E-state index is 2.26. The number of hydrogen-bond acceptors (Lipinski definition) is 0. The molecule has 0 saturated heterocycles. The van der Waals surface area contributed by atoms with Crippen LogP contribution in [0.25, 0.3) is 0 Å². The molecule has 0 atom stereocenters. The van der Waals surface area contributed by atoms with Crippen molar-refractivity contribution in [2.75, 3.05) is 0 Å². The van der Waals surface area contributed by atoms with Gasteiger partial charge in [0, 0.05) is 0 Å². The first kappa shape index (κ1) is 12.0. The molecule has 2 rings (SSSR count). The molecule has 0 aliphatic carbocycles. The molecule has 0 aliphatic rings. The average Bonchev–Trinajstić information content (AvgIpc) is 2.35. The summed E-state index contributed by atoms with van der Waals surface area (Å²) in [6.45, 7) is 7.12. The Kier molecular flexibility index (Phi) is 3.68. The largest absolute Gasteiger partial charge is 0.209 e. The Bertz CT molecular complexity index is 485. The van der Waals surface area contributed by atoms with Crippen LogP contribution >= 0.6 is 0 Å². The molecule has 0 spiro atoms. The summed E-state index contributed by atoms with van der Waals surface area (Å²) in [4.78, 5) is 0. The molecule has 17 heavy (non-hydrogen) atoms. The SMILES string of the molecule is CCB(c1ccc(C)cc1)c1ccccc1C. The molecule has 86 valence electrons. The van der Waals surface area contributed by atoms with Crippen molar-refractivity contribution in [1.29, 1.82) is 0 Å². The van der Waals surface area contributed by atoms with Gasteiger partial charge in [-0.15, -0.1) is 0 Å². The van der Waals surface area contributed by atoms with Crippen LogP contribution in [0.4, 0.5) is 0 Å². The number of benzene rings is 2. The van der Waals surface area contributed by atoms with Crippen LogP contribution in [0.3, 0.4) is 0 Å². The van der Waals surface area contributed by atoms with E-state index in [0.29, 0.717) is 6.71 Å². The van der Waals surface area contributed by atoms with E-state index in [0.717, 1.165) is 6.32 Å². The molecule has 2 aromatic rings. The first-order valence-corrected chi connectivity index (χ1v) is 6.34. The summed E-state index contributed by atoms with van der Waals surface area (Å²) >= 11 is 0. The molecule has 0 aromatic heterocycles. The second kappa shape index (κ2) is 5.22. The van der Waals surface area contributed by atoms with Crippen molar-refractivity contribution in [3.05, 3.63) is 59.7 Å². The molecule has 1 heteroatoms. The van der Waals surface area contributed by atoms with Crippen molar-refractivity contribution in [2.24, 2.45) is 0 Å². The van der Waals surface area contributed by atoms with Gasteiger partial charge < -0.3 is 0 Å². The van der Waals surface area contributed by atoms with E-state index in [1.807, 2.05) is 0 Å². The second-order valence-electron chi connectivity index (χ2n) is 4.73. The van der Waals surface area contributed by atoms with Gasteiger partial charge in [0.25, 0.3) is 0 Å². The predicted molar refractivity (Wildman–Crippen MR) is 77.9 cm³/mol. The van der Waals surface area contributed by atoms with E-state index in [4.69, 9.17) is 0 Å². The van der Waals surface area contributed by atoms with Gasteiger partial charge >= 0.3 is 0 Å². The van der Waals surface area contributed by atoms with Crippen LogP contribution in [0.1, 0.15) is 18.1 Å². The summed E-state index contributed by atoms with van der Waals surface area (Å²) in [7, 11) is 0. The maximum Gasteiger partial charge on any atom is 0.209 e. The zero-order valence-corrected chi connectivity index (χ0v) is 10.9. The summed E-state index contributed by atoms with van der Waals surface area (Å²) in [5.74, 6) is 0. The van der Waals surface area contributed by atoms with Crippen molar-refractivity contribution in [3.63, 3.8) is 0 Å². The maximum absolute atomic E-state index is 2.26. The molecule has 0 aliphatic heterocycles. The Morgan fingerprint density at radius 2 is 1.53 bits per heavy atom. The van der Waals surface area contributed by atoms with Gasteiger partial charge in [0.2, 0.25) is 6.71 Å². The lowest BCUT2D eigenvalue weighted by molar-refractivity contribution is 1.41. The van der Waals surface area contributed by atoms with Crippen molar-refractivity contribution >= 4 is 17.6 Å². The van der Waals surface area contributed by atoms with E-state index in [1.54, 1.807) is 0 Å². The Labute approximate surface area is 105 Å². The summed E-state index contributed by atoms with van der Waals surface area (Å²) in [5.41, 5.74) is 5.60. The highest BCUT2D eigenvalue weighted by Crippen LogP contribution is 2.02. The number of hydrogen-bond donors (Lipinski definition) is 0. The lowest BCUT2D eigenvalue weighted by Gasteiger charge is -2.15. The van der Waals surface area contributed by atoms with Crippen LogP contribution in [0, 0.1) is 13.8 Å². The third kappa shape index (κ3) is 2.61. The second-order valence-corrected chi connectivity index (χ2v) is 4.73. The minimum absolute atomic E-state index is 0.525. The van der Waals surface area contributed by atoms with Crippen LogP contribution in [0.15, 0.2) is 48.5 Å². The first-order valence-electron chi connectivity index (χ1n) is 6.34. The molecule has 0 bridgehead atoms. The summed E-state index contributed by atoms with van der Waals surface area (Å²) in [6, 6.07) is 17.6. The third-order valence-electron chi connectivity index (χ3n) is 3.45. The fraction of sp³-hybridized carbons (Fsp3) is 0.250. The molecule has 0 saturated carbocycles. The Morgan fingerprint density at radius 3 is 2.12 bits per heavy atom. The number of rotatable bonds is 3. The van der Waals surface area contributed by atoms with Crippen molar-refractivity contribution < 1.29 is 0 Å². The van der Waals surface area contributed by atoms with Gasteiger partial charge in [-0.25, -0.2) is 0 Å². The monoisotopic (exact) mass is 222 g/mol. The predicted octanol–water partition coefficient (Wildman–Crippen LogP) is 2.93. The Hall–Kier alpha value is -1.50. The molecule has 2 aromatic carbocycles. The van der Waals surface area contributed by atoms with Crippen LogP contribution < -0.4 is 10.9 Å². The fourth-order valence-corrected chi connectivity index (χ4v) is 2.41. The van der Waals surface area contributed by atoms with Crippen molar-refractivity contribution in [1.82, 2.24) is 0 Å². The van der Waals surface area contributed by atoms with E-state index in [1.165, 1.54) is 22.1 Å². The molecule has 0 radical (unpaired) electrons. The highest BCUT2D eigenvalue weighted by Gasteiger charge is 2.17. The zero-order valence-electron chi connectivity index (χ0n) is 10.9. The van der Waals surface area contributed by atoms with Gasteiger partial charge in [0.15, 0.2) is 0 Å². The van der Waals surface area contributed by atoms with Gasteiger partial charge in [-0.2, -0.15) is 0 Å². The van der Waals surface area contributed by atoms with Crippen LogP contribution in [-0.2, 0) is 0 Å². The Balaban J connectivity index is 2.40. The molecular formula is C16H19B. The van der Waals surface area contributed by atoms with Crippen LogP contribution in [-0.4, -0.2) is 6.71 Å². The lowest BCUT2D eigenvalue weighted by atomic mass is 9.38. The zero-order chi connectivity index (χ0) is 12.3. The van der Waals surface area contributed by atoms with E-state index < -0.39 is 0 Å². The van der Waals surface area contributed by atoms with Crippen molar-refractivity contribution in [3.8, 4) is 0 Å². The van der Waals surface area contributed by atoms with Gasteiger partial charge in [0.05, 0.1) is 0 Å². The van der Waals surface area contributed by atoms with Gasteiger partial charge in [-0.05, 0) is 13.8 Å². The first-order chi connectivity index (χ1) is 8.22. The third-order valence-corrected chi connectivity index (χ3v) is 3.45. The summed E-state index contributed by atoms with van der Waals surface area (Å²) in [5, 5.41) is 0. The molecular weight excluding hydrogens is 203 g/mol. The topological polar surface area (TPSA) is 0 Å². The molecule has 0 nitrogen and oxygen atoms in total. The standard InChI is InChI=1S/C16H19B/c1-4-17(15-11-9-13(2)10-12-15)16-8-6-5-7-14(16)3/h5-12H,4H2,1-3H3. The van der Waals surface area contributed by atoms with Gasteiger partial charge in [-0.3, -0.25) is 0 Å². The van der Waals surface area contributed by atoms with E-state index in [2.05, 4.69) is 69.3 Å². The van der Waals surface area contributed by atoms with Gasteiger partial charge in [0.1, 0.15) is 0 Å². The van der Waals surface area contributed by atoms with E-state index >= 15 is 0 Å². The molecule has 0 N–H and O–H groups in total. The molecule has 0 fully saturated rings. The molecule has 0 amide bonds. The molecule has 0 heterocycles. The number of aryl methyl sites for hydroxylation is 2. The molecule has 0 unspecified atom stereocenters. The smallest absolute Gasteiger partial charge is 0.0742 e. The van der Waals surface area contributed by atoms with Crippen LogP contribution in [0.2, 0.25) is 6.32 Å². The van der Waals surface area contributed by atoms with Gasteiger partial charge in [-0.1, -0.05) is 83.8 Å². The van der Waals surface area contributed by atoms with E-state index in [-0.39, 0.29) is 0 Å². The fourth-order valence-electron chi connectivity index (χ4n) is 2.41. The van der Waals surface area contributed by atoms with E-state index in [9.17, 15) is 0 Å². The minimum Gasteiger partial charge on any atom is -0.0742 e. The highest BCUT2D eigenvalue weighted by atomic mass is 14.0. The highest BCUT2D eigenvalue weighted by molar-refractivity contribution is 6.85. The quantitative estimate of drug-likeness (QED) is 0.700. The Morgan fingerprint density at radius 1 is 0.882 bits per heavy atom. The summed E-state index contributed by atoms with van der Waals surface area (Å²) in [6.07, 6.45) is 1.15. The van der Waals surface area contributed by atoms with Crippen molar-refractivity contribution in [2.45, 2.75) is 27.1 Å². The normalized spacial score (nSPS) is 10.3. The average molecular weight is 222 g/mol.